The third-order valence-electron chi connectivity index (χ3n) is 2.91. The molecule has 1 unspecified atom stereocenters. The molecule has 5 heteroatoms. The lowest BCUT2D eigenvalue weighted by Gasteiger charge is -2.21. The number of carbonyl (C=O) groups excluding carboxylic acids is 1. The van der Waals surface area contributed by atoms with E-state index >= 15 is 0 Å². The Morgan fingerprint density at radius 3 is 2.94 bits per heavy atom. The van der Waals surface area contributed by atoms with Gasteiger partial charge < -0.3 is 9.32 Å². The number of likely N-dealkylation sites (tertiary alicyclic amines) is 1. The summed E-state index contributed by atoms with van der Waals surface area (Å²) in [6.07, 6.45) is 1.98. The molecule has 0 aromatic carbocycles. The maximum atomic E-state index is 12.2. The van der Waals surface area contributed by atoms with Gasteiger partial charge in [-0.2, -0.15) is 0 Å². The molecule has 1 aliphatic heterocycles. The molecule has 1 atom stereocenters. The minimum Gasteiger partial charge on any atom is -0.436 e. The highest BCUT2D eigenvalue weighted by atomic mass is 35.5. The Morgan fingerprint density at radius 2 is 2.38 bits per heavy atom. The minimum absolute atomic E-state index is 0.0822. The molecule has 16 heavy (non-hydrogen) atoms. The number of carbonyl (C=O) groups is 1. The van der Waals surface area contributed by atoms with Crippen molar-refractivity contribution in [2.75, 3.05) is 12.4 Å². The predicted molar refractivity (Wildman–Crippen MR) is 60.8 cm³/mol. The van der Waals surface area contributed by atoms with Crippen LogP contribution in [0, 0.1) is 13.8 Å². The van der Waals surface area contributed by atoms with Crippen molar-refractivity contribution in [1.29, 1.82) is 0 Å². The summed E-state index contributed by atoms with van der Waals surface area (Å²) in [6.45, 7) is 4.29. The van der Waals surface area contributed by atoms with Gasteiger partial charge in [-0.1, -0.05) is 0 Å². The van der Waals surface area contributed by atoms with E-state index in [1.165, 1.54) is 0 Å². The zero-order chi connectivity index (χ0) is 11.7. The number of halogens is 1. The summed E-state index contributed by atoms with van der Waals surface area (Å²) in [7, 11) is 0. The second kappa shape index (κ2) is 4.45. The Kier molecular flexibility index (Phi) is 3.19. The first-order valence-corrected chi connectivity index (χ1v) is 5.98. The van der Waals surface area contributed by atoms with E-state index < -0.39 is 0 Å². The van der Waals surface area contributed by atoms with Gasteiger partial charge in [0.1, 0.15) is 0 Å². The highest BCUT2D eigenvalue weighted by molar-refractivity contribution is 6.18. The number of rotatable bonds is 2. The average molecular weight is 243 g/mol. The summed E-state index contributed by atoms with van der Waals surface area (Å²) in [5.74, 6) is 1.29. The van der Waals surface area contributed by atoms with Crippen molar-refractivity contribution in [3.05, 3.63) is 17.3 Å². The Labute approximate surface area is 99.6 Å². The summed E-state index contributed by atoms with van der Waals surface area (Å²) in [6, 6.07) is 0.138. The van der Waals surface area contributed by atoms with Gasteiger partial charge in [0.05, 0.1) is 5.69 Å². The van der Waals surface area contributed by atoms with Crippen LogP contribution in [0.1, 0.15) is 35.0 Å². The van der Waals surface area contributed by atoms with E-state index in [0.717, 1.165) is 19.4 Å². The number of oxazole rings is 1. The van der Waals surface area contributed by atoms with Gasteiger partial charge in [-0.15, -0.1) is 11.6 Å². The predicted octanol–water partition coefficient (Wildman–Crippen LogP) is 2.13. The monoisotopic (exact) mass is 242 g/mol. The summed E-state index contributed by atoms with van der Waals surface area (Å²) in [4.78, 5) is 18.1. The van der Waals surface area contributed by atoms with Gasteiger partial charge in [-0.05, 0) is 19.8 Å². The molecular formula is C11H15ClN2O2. The topological polar surface area (TPSA) is 46.3 Å². The fourth-order valence-corrected chi connectivity index (χ4v) is 2.44. The Balaban J connectivity index is 2.21. The van der Waals surface area contributed by atoms with E-state index in [4.69, 9.17) is 16.0 Å². The fourth-order valence-electron chi connectivity index (χ4n) is 2.12. The van der Waals surface area contributed by atoms with Crippen molar-refractivity contribution in [3.63, 3.8) is 0 Å². The lowest BCUT2D eigenvalue weighted by Crippen LogP contribution is -2.36. The van der Waals surface area contributed by atoms with Crippen molar-refractivity contribution in [1.82, 2.24) is 9.88 Å². The summed E-state index contributed by atoms with van der Waals surface area (Å²) in [5.41, 5.74) is 0.655. The van der Waals surface area contributed by atoms with Gasteiger partial charge in [0.2, 0.25) is 5.76 Å². The smallest absolute Gasteiger partial charge is 0.291 e. The molecule has 2 heterocycles. The highest BCUT2D eigenvalue weighted by Gasteiger charge is 2.31. The van der Waals surface area contributed by atoms with E-state index in [-0.39, 0.29) is 11.9 Å². The lowest BCUT2D eigenvalue weighted by atomic mass is 10.2. The lowest BCUT2D eigenvalue weighted by molar-refractivity contribution is 0.0714. The molecule has 1 amide bonds. The molecule has 1 aromatic rings. The first-order valence-electron chi connectivity index (χ1n) is 5.44. The first-order chi connectivity index (χ1) is 7.63. The molecule has 1 fully saturated rings. The average Bonchev–Trinajstić information content (AvgIpc) is 2.83. The highest BCUT2D eigenvalue weighted by Crippen LogP contribution is 2.22. The number of aryl methyl sites for hydroxylation is 2. The maximum absolute atomic E-state index is 12.2. The van der Waals surface area contributed by atoms with Gasteiger partial charge >= 0.3 is 0 Å². The molecule has 0 saturated carbocycles. The first kappa shape index (κ1) is 11.5. The number of hydrogen-bond donors (Lipinski definition) is 0. The number of amides is 1. The Hall–Kier alpha value is -1.03. The Morgan fingerprint density at radius 1 is 1.62 bits per heavy atom. The molecule has 0 spiro atoms. The molecule has 1 aliphatic rings. The number of alkyl halides is 1. The Bertz CT molecular complexity index is 403. The van der Waals surface area contributed by atoms with Gasteiger partial charge in [0, 0.05) is 25.4 Å². The molecule has 88 valence electrons. The molecule has 4 nitrogen and oxygen atoms in total. The second-order valence-electron chi connectivity index (χ2n) is 4.10. The number of hydrogen-bond acceptors (Lipinski definition) is 3. The third-order valence-corrected chi connectivity index (χ3v) is 3.27. The van der Waals surface area contributed by atoms with Crippen molar-refractivity contribution < 1.29 is 9.21 Å². The largest absolute Gasteiger partial charge is 0.436 e. The molecule has 0 bridgehead atoms. The van der Waals surface area contributed by atoms with Crippen LogP contribution in [0.2, 0.25) is 0 Å². The van der Waals surface area contributed by atoms with Gasteiger partial charge in [-0.3, -0.25) is 4.79 Å². The van der Waals surface area contributed by atoms with Crippen LogP contribution in [0.4, 0.5) is 0 Å². The minimum atomic E-state index is -0.0822. The SMILES string of the molecule is Cc1nc(C)c(C(=O)N2CCCC2CCl)o1. The van der Waals surface area contributed by atoms with E-state index in [0.29, 0.717) is 23.2 Å². The summed E-state index contributed by atoms with van der Waals surface area (Å²) in [5, 5.41) is 0. The van der Waals surface area contributed by atoms with Crippen molar-refractivity contribution in [2.45, 2.75) is 32.7 Å². The zero-order valence-corrected chi connectivity index (χ0v) is 10.3. The van der Waals surface area contributed by atoms with Crippen LogP contribution in [0.15, 0.2) is 4.42 Å². The molecule has 0 radical (unpaired) electrons. The van der Waals surface area contributed by atoms with Crippen LogP contribution >= 0.6 is 11.6 Å². The van der Waals surface area contributed by atoms with Gasteiger partial charge in [0.15, 0.2) is 5.89 Å². The summed E-state index contributed by atoms with van der Waals surface area (Å²) < 4.78 is 5.34. The van der Waals surface area contributed by atoms with Crippen LogP contribution in [0.25, 0.3) is 0 Å². The molecule has 1 saturated heterocycles. The third kappa shape index (κ3) is 1.94. The second-order valence-corrected chi connectivity index (χ2v) is 4.40. The quantitative estimate of drug-likeness (QED) is 0.747. The molecule has 1 aromatic heterocycles. The van der Waals surface area contributed by atoms with Crippen LogP contribution in [0.5, 0.6) is 0 Å². The fraction of sp³-hybridized carbons (Fsp3) is 0.636. The zero-order valence-electron chi connectivity index (χ0n) is 9.49. The number of nitrogens with zero attached hydrogens (tertiary/aromatic N) is 2. The van der Waals surface area contributed by atoms with Crippen LogP contribution < -0.4 is 0 Å². The van der Waals surface area contributed by atoms with Crippen LogP contribution in [-0.2, 0) is 0 Å². The normalized spacial score (nSPS) is 20.4. The van der Waals surface area contributed by atoms with Crippen LogP contribution in [0.3, 0.4) is 0 Å². The van der Waals surface area contributed by atoms with E-state index in [1.54, 1.807) is 18.7 Å². The van der Waals surface area contributed by atoms with Crippen molar-refractivity contribution >= 4 is 17.5 Å². The standard InChI is InChI=1S/C11H15ClN2O2/c1-7-10(16-8(2)13-7)11(15)14-5-3-4-9(14)6-12/h9H,3-6H2,1-2H3. The molecule has 0 aliphatic carbocycles. The molecular weight excluding hydrogens is 228 g/mol. The van der Waals surface area contributed by atoms with Crippen LogP contribution in [-0.4, -0.2) is 34.3 Å². The van der Waals surface area contributed by atoms with Gasteiger partial charge in [0.25, 0.3) is 5.91 Å². The van der Waals surface area contributed by atoms with E-state index in [1.807, 2.05) is 0 Å². The number of aromatic nitrogens is 1. The van der Waals surface area contributed by atoms with Gasteiger partial charge in [-0.25, -0.2) is 4.98 Å². The summed E-state index contributed by atoms with van der Waals surface area (Å²) >= 11 is 5.84. The molecule has 2 rings (SSSR count). The molecule has 0 N–H and O–H groups in total. The van der Waals surface area contributed by atoms with E-state index in [2.05, 4.69) is 4.98 Å². The van der Waals surface area contributed by atoms with E-state index in [9.17, 15) is 4.79 Å². The maximum Gasteiger partial charge on any atom is 0.291 e. The van der Waals surface area contributed by atoms with Crippen molar-refractivity contribution in [3.8, 4) is 0 Å². The van der Waals surface area contributed by atoms with Crippen molar-refractivity contribution in [2.24, 2.45) is 0 Å².